The minimum atomic E-state index is 0.650. The molecule has 3 heteroatoms. The maximum Gasteiger partial charge on any atom is 0.119 e. The molecule has 0 spiro atoms. The van der Waals surface area contributed by atoms with Crippen LogP contribution in [0, 0.1) is 18.3 Å². The highest BCUT2D eigenvalue weighted by molar-refractivity contribution is 5.32. The summed E-state index contributed by atoms with van der Waals surface area (Å²) in [5.74, 6) is 0.903. The van der Waals surface area contributed by atoms with Crippen LogP contribution in [0.15, 0.2) is 48.5 Å². The first-order chi connectivity index (χ1) is 10.2. The van der Waals surface area contributed by atoms with Crippen molar-refractivity contribution in [3.8, 4) is 11.8 Å². The van der Waals surface area contributed by atoms with Crippen LogP contribution in [0.5, 0.6) is 5.75 Å². The Morgan fingerprint density at radius 3 is 2.62 bits per heavy atom. The standard InChI is InChI=1S/C18H20N2O/c1-15-6-8-18(9-7-15)21-11-10-20(2)14-17-5-3-4-16(12-17)13-19/h3-9,12H,10-11,14H2,1-2H3. The zero-order valence-corrected chi connectivity index (χ0v) is 12.5. The topological polar surface area (TPSA) is 36.3 Å². The summed E-state index contributed by atoms with van der Waals surface area (Å²) in [6.45, 7) is 4.36. The van der Waals surface area contributed by atoms with E-state index in [1.165, 1.54) is 5.56 Å². The third-order valence-corrected chi connectivity index (χ3v) is 3.27. The normalized spacial score (nSPS) is 10.4. The number of nitriles is 1. The molecule has 3 nitrogen and oxygen atoms in total. The summed E-state index contributed by atoms with van der Waals surface area (Å²) in [5, 5.41) is 8.90. The lowest BCUT2D eigenvalue weighted by molar-refractivity contribution is 0.233. The van der Waals surface area contributed by atoms with E-state index in [1.807, 2.05) is 48.5 Å². The van der Waals surface area contributed by atoms with Crippen LogP contribution < -0.4 is 4.74 Å². The fourth-order valence-electron chi connectivity index (χ4n) is 2.08. The van der Waals surface area contributed by atoms with E-state index in [0.717, 1.165) is 24.4 Å². The lowest BCUT2D eigenvalue weighted by Crippen LogP contribution is -2.23. The highest BCUT2D eigenvalue weighted by atomic mass is 16.5. The van der Waals surface area contributed by atoms with Gasteiger partial charge in [-0.25, -0.2) is 0 Å². The molecule has 2 aromatic rings. The molecule has 0 saturated heterocycles. The number of likely N-dealkylation sites (N-methyl/N-ethyl adjacent to an activating group) is 1. The van der Waals surface area contributed by atoms with Crippen molar-refractivity contribution in [3.05, 3.63) is 65.2 Å². The Labute approximate surface area is 126 Å². The predicted molar refractivity (Wildman–Crippen MR) is 84.2 cm³/mol. The van der Waals surface area contributed by atoms with Crippen molar-refractivity contribution in [2.45, 2.75) is 13.5 Å². The van der Waals surface area contributed by atoms with E-state index in [4.69, 9.17) is 10.00 Å². The lowest BCUT2D eigenvalue weighted by Gasteiger charge is -2.17. The van der Waals surface area contributed by atoms with Crippen molar-refractivity contribution in [2.24, 2.45) is 0 Å². The molecule has 0 unspecified atom stereocenters. The Bertz CT molecular complexity index is 614. The highest BCUT2D eigenvalue weighted by Crippen LogP contribution is 2.11. The summed E-state index contributed by atoms with van der Waals surface area (Å²) in [7, 11) is 2.05. The Kier molecular flexibility index (Phi) is 5.36. The van der Waals surface area contributed by atoms with Crippen LogP contribution in [0.3, 0.4) is 0 Å². The van der Waals surface area contributed by atoms with Crippen molar-refractivity contribution in [2.75, 3.05) is 20.2 Å². The van der Waals surface area contributed by atoms with E-state index in [9.17, 15) is 0 Å². The minimum Gasteiger partial charge on any atom is -0.492 e. The summed E-state index contributed by atoms with van der Waals surface area (Å²) >= 11 is 0. The lowest BCUT2D eigenvalue weighted by atomic mass is 10.1. The van der Waals surface area contributed by atoms with Crippen molar-refractivity contribution >= 4 is 0 Å². The fourth-order valence-corrected chi connectivity index (χ4v) is 2.08. The zero-order valence-electron chi connectivity index (χ0n) is 12.5. The number of ether oxygens (including phenoxy) is 1. The minimum absolute atomic E-state index is 0.650. The van der Waals surface area contributed by atoms with Crippen LogP contribution in [-0.2, 0) is 6.54 Å². The van der Waals surface area contributed by atoms with Gasteiger partial charge in [0.2, 0.25) is 0 Å². The van der Waals surface area contributed by atoms with Gasteiger partial charge in [-0.3, -0.25) is 4.90 Å². The average Bonchev–Trinajstić information content (AvgIpc) is 2.49. The van der Waals surface area contributed by atoms with Gasteiger partial charge in [-0.2, -0.15) is 5.26 Å². The second-order valence-corrected chi connectivity index (χ2v) is 5.21. The number of hydrogen-bond acceptors (Lipinski definition) is 3. The van der Waals surface area contributed by atoms with Gasteiger partial charge >= 0.3 is 0 Å². The van der Waals surface area contributed by atoms with Gasteiger partial charge in [0, 0.05) is 13.1 Å². The van der Waals surface area contributed by atoms with Crippen molar-refractivity contribution in [3.63, 3.8) is 0 Å². The molecule has 0 radical (unpaired) electrons. The van der Waals surface area contributed by atoms with Crippen LogP contribution in [0.2, 0.25) is 0 Å². The van der Waals surface area contributed by atoms with E-state index in [-0.39, 0.29) is 0 Å². The molecule has 0 fully saturated rings. The highest BCUT2D eigenvalue weighted by Gasteiger charge is 2.02. The molecule has 0 N–H and O–H groups in total. The number of nitrogens with zero attached hydrogens (tertiary/aromatic N) is 2. The Hall–Kier alpha value is -2.31. The third kappa shape index (κ3) is 4.94. The van der Waals surface area contributed by atoms with E-state index >= 15 is 0 Å². The smallest absolute Gasteiger partial charge is 0.119 e. The second kappa shape index (κ2) is 7.47. The van der Waals surface area contributed by atoms with Crippen LogP contribution in [0.1, 0.15) is 16.7 Å². The first-order valence-electron chi connectivity index (χ1n) is 7.04. The monoisotopic (exact) mass is 280 g/mol. The average molecular weight is 280 g/mol. The summed E-state index contributed by atoms with van der Waals surface area (Å²) in [6.07, 6.45) is 0. The maximum atomic E-state index is 8.90. The van der Waals surface area contributed by atoms with Gasteiger partial charge in [0.15, 0.2) is 0 Å². The van der Waals surface area contributed by atoms with Crippen molar-refractivity contribution < 1.29 is 4.74 Å². The zero-order chi connectivity index (χ0) is 15.1. The number of rotatable bonds is 6. The summed E-state index contributed by atoms with van der Waals surface area (Å²) < 4.78 is 5.72. The molecule has 0 amide bonds. The molecule has 0 saturated carbocycles. The van der Waals surface area contributed by atoms with Gasteiger partial charge in [0.25, 0.3) is 0 Å². The summed E-state index contributed by atoms with van der Waals surface area (Å²) in [4.78, 5) is 2.19. The maximum absolute atomic E-state index is 8.90. The molecule has 0 aliphatic heterocycles. The molecule has 2 rings (SSSR count). The molecular weight excluding hydrogens is 260 g/mol. The molecule has 108 valence electrons. The van der Waals surface area contributed by atoms with Gasteiger partial charge in [-0.05, 0) is 43.8 Å². The summed E-state index contributed by atoms with van der Waals surface area (Å²) in [6, 6.07) is 18.0. The molecule has 0 aliphatic carbocycles. The van der Waals surface area contributed by atoms with E-state index in [2.05, 4.69) is 24.9 Å². The predicted octanol–water partition coefficient (Wildman–Crippen LogP) is 3.38. The van der Waals surface area contributed by atoms with Crippen LogP contribution >= 0.6 is 0 Å². The molecule has 0 atom stereocenters. The second-order valence-electron chi connectivity index (χ2n) is 5.21. The molecule has 0 aliphatic rings. The van der Waals surface area contributed by atoms with Crippen LogP contribution in [0.4, 0.5) is 0 Å². The quantitative estimate of drug-likeness (QED) is 0.814. The first kappa shape index (κ1) is 15.1. The fraction of sp³-hybridized carbons (Fsp3) is 0.278. The first-order valence-corrected chi connectivity index (χ1v) is 7.04. The van der Waals surface area contributed by atoms with Gasteiger partial charge < -0.3 is 4.74 Å². The van der Waals surface area contributed by atoms with E-state index < -0.39 is 0 Å². The van der Waals surface area contributed by atoms with Gasteiger partial charge in [0.1, 0.15) is 12.4 Å². The van der Waals surface area contributed by atoms with Crippen molar-refractivity contribution in [1.29, 1.82) is 5.26 Å². The largest absolute Gasteiger partial charge is 0.492 e. The Morgan fingerprint density at radius 1 is 1.14 bits per heavy atom. The molecule has 2 aromatic carbocycles. The van der Waals surface area contributed by atoms with Crippen molar-refractivity contribution in [1.82, 2.24) is 4.90 Å². The van der Waals surface area contributed by atoms with Gasteiger partial charge in [0.05, 0.1) is 11.6 Å². The number of aryl methyl sites for hydroxylation is 1. The van der Waals surface area contributed by atoms with Crippen LogP contribution in [-0.4, -0.2) is 25.1 Å². The number of benzene rings is 2. The third-order valence-electron chi connectivity index (χ3n) is 3.27. The molecule has 0 bridgehead atoms. The molecule has 0 aromatic heterocycles. The van der Waals surface area contributed by atoms with Crippen LogP contribution in [0.25, 0.3) is 0 Å². The molecule has 21 heavy (non-hydrogen) atoms. The van der Waals surface area contributed by atoms with E-state index in [0.29, 0.717) is 12.2 Å². The summed E-state index contributed by atoms with van der Waals surface area (Å²) in [5.41, 5.74) is 3.08. The van der Waals surface area contributed by atoms with Gasteiger partial charge in [-0.1, -0.05) is 29.8 Å². The SMILES string of the molecule is Cc1ccc(OCCN(C)Cc2cccc(C#N)c2)cc1. The van der Waals surface area contributed by atoms with Gasteiger partial charge in [-0.15, -0.1) is 0 Å². The number of hydrogen-bond donors (Lipinski definition) is 0. The Balaban J connectivity index is 1.78. The van der Waals surface area contributed by atoms with E-state index in [1.54, 1.807) is 0 Å². The molecular formula is C18H20N2O. The Morgan fingerprint density at radius 2 is 1.90 bits per heavy atom. The molecule has 0 heterocycles.